The van der Waals surface area contributed by atoms with Crippen LogP contribution in [0.5, 0.6) is 0 Å². The molecule has 0 aromatic carbocycles. The van der Waals surface area contributed by atoms with Gasteiger partial charge in [0, 0.05) is 0 Å². The van der Waals surface area contributed by atoms with Crippen molar-refractivity contribution in [3.63, 3.8) is 0 Å². The molecule has 8 heteroatoms. The molecule has 0 unspecified atom stereocenters. The van der Waals surface area contributed by atoms with Crippen LogP contribution >= 0.6 is 11.6 Å². The second-order valence-electron chi connectivity index (χ2n) is 3.21. The van der Waals surface area contributed by atoms with Gasteiger partial charge < -0.3 is 0 Å². The SMILES string of the molecule is FC(F)c1c(C(F)(F)F)nn2c(Cl)cccc12. The van der Waals surface area contributed by atoms with Gasteiger partial charge in [-0.1, -0.05) is 17.7 Å². The number of fused-ring (bicyclic) bond motifs is 1. The summed E-state index contributed by atoms with van der Waals surface area (Å²) >= 11 is 5.59. The van der Waals surface area contributed by atoms with Crippen molar-refractivity contribution < 1.29 is 22.0 Å². The molecule has 0 N–H and O–H groups in total. The summed E-state index contributed by atoms with van der Waals surface area (Å²) in [5.41, 5.74) is -3.11. The van der Waals surface area contributed by atoms with Crippen LogP contribution in [0.1, 0.15) is 17.7 Å². The van der Waals surface area contributed by atoms with E-state index in [-0.39, 0.29) is 10.7 Å². The fraction of sp³-hybridized carbons (Fsp3) is 0.222. The van der Waals surface area contributed by atoms with Gasteiger partial charge in [-0.3, -0.25) is 0 Å². The third-order valence-corrected chi connectivity index (χ3v) is 2.42. The van der Waals surface area contributed by atoms with E-state index in [0.29, 0.717) is 4.52 Å². The molecule has 2 aromatic rings. The van der Waals surface area contributed by atoms with Crippen molar-refractivity contribution >= 4 is 17.1 Å². The van der Waals surface area contributed by atoms with Crippen molar-refractivity contribution in [3.05, 3.63) is 34.6 Å². The maximum atomic E-state index is 12.7. The van der Waals surface area contributed by atoms with Crippen molar-refractivity contribution in [2.75, 3.05) is 0 Å². The van der Waals surface area contributed by atoms with E-state index in [0.717, 1.165) is 6.07 Å². The lowest BCUT2D eigenvalue weighted by Crippen LogP contribution is -2.09. The van der Waals surface area contributed by atoms with E-state index in [4.69, 9.17) is 11.6 Å². The lowest BCUT2D eigenvalue weighted by molar-refractivity contribution is -0.143. The summed E-state index contributed by atoms with van der Waals surface area (Å²) in [6.07, 6.45) is -8.22. The number of hydrogen-bond donors (Lipinski definition) is 0. The largest absolute Gasteiger partial charge is 0.435 e. The Balaban J connectivity index is 2.85. The molecule has 0 amide bonds. The molecule has 92 valence electrons. The summed E-state index contributed by atoms with van der Waals surface area (Å²) in [4.78, 5) is 0. The number of nitrogens with zero attached hydrogens (tertiary/aromatic N) is 2. The van der Waals surface area contributed by atoms with E-state index in [2.05, 4.69) is 5.10 Å². The summed E-state index contributed by atoms with van der Waals surface area (Å²) in [7, 11) is 0. The standard InChI is InChI=1S/C9H4ClF5N2/c10-5-3-1-2-4-6(8(11)12)7(9(13,14)15)16-17(4)5/h1-3,8H. The van der Waals surface area contributed by atoms with Crippen LogP contribution in [-0.4, -0.2) is 9.61 Å². The van der Waals surface area contributed by atoms with Gasteiger partial charge in [-0.25, -0.2) is 13.3 Å². The quantitative estimate of drug-likeness (QED) is 0.567. The first kappa shape index (κ1) is 12.1. The highest BCUT2D eigenvalue weighted by molar-refractivity contribution is 6.29. The van der Waals surface area contributed by atoms with Gasteiger partial charge in [0.15, 0.2) is 5.69 Å². The molecule has 2 aromatic heterocycles. The molecule has 0 aliphatic heterocycles. The summed E-state index contributed by atoms with van der Waals surface area (Å²) in [5, 5.41) is 2.92. The molecule has 2 heterocycles. The Morgan fingerprint density at radius 1 is 1.24 bits per heavy atom. The van der Waals surface area contributed by atoms with Gasteiger partial charge in [-0.15, -0.1) is 0 Å². The lowest BCUT2D eigenvalue weighted by Gasteiger charge is -2.04. The zero-order valence-corrected chi connectivity index (χ0v) is 8.73. The first-order valence-electron chi connectivity index (χ1n) is 4.35. The van der Waals surface area contributed by atoms with Crippen molar-refractivity contribution in [1.29, 1.82) is 0 Å². The van der Waals surface area contributed by atoms with Crippen LogP contribution in [0, 0.1) is 0 Å². The molecule has 0 atom stereocenters. The highest BCUT2D eigenvalue weighted by Gasteiger charge is 2.40. The predicted molar refractivity (Wildman–Crippen MR) is 50.2 cm³/mol. The number of halogens is 6. The van der Waals surface area contributed by atoms with Crippen molar-refractivity contribution in [1.82, 2.24) is 9.61 Å². The van der Waals surface area contributed by atoms with Crippen molar-refractivity contribution in [2.45, 2.75) is 12.6 Å². The third kappa shape index (κ3) is 1.95. The second kappa shape index (κ2) is 3.83. The van der Waals surface area contributed by atoms with E-state index in [1.165, 1.54) is 12.1 Å². The Morgan fingerprint density at radius 2 is 1.88 bits per heavy atom. The number of pyridine rings is 1. The predicted octanol–water partition coefficient (Wildman–Crippen LogP) is 3.94. The minimum Gasteiger partial charge on any atom is -0.221 e. The summed E-state index contributed by atoms with van der Waals surface area (Å²) < 4.78 is 63.5. The Hall–Kier alpha value is -1.37. The molecule has 0 aliphatic carbocycles. The van der Waals surface area contributed by atoms with Crippen LogP contribution in [0.2, 0.25) is 5.15 Å². The fourth-order valence-corrected chi connectivity index (χ4v) is 1.68. The van der Waals surface area contributed by atoms with E-state index in [1.807, 2.05) is 0 Å². The zero-order valence-electron chi connectivity index (χ0n) is 7.97. The van der Waals surface area contributed by atoms with Gasteiger partial charge in [0.1, 0.15) is 5.15 Å². The van der Waals surface area contributed by atoms with E-state index < -0.39 is 23.9 Å². The molecule has 0 saturated carbocycles. The molecule has 2 nitrogen and oxygen atoms in total. The topological polar surface area (TPSA) is 17.3 Å². The molecule has 0 aliphatic rings. The smallest absolute Gasteiger partial charge is 0.221 e. The molecule has 17 heavy (non-hydrogen) atoms. The highest BCUT2D eigenvalue weighted by atomic mass is 35.5. The van der Waals surface area contributed by atoms with E-state index in [1.54, 1.807) is 0 Å². The maximum Gasteiger partial charge on any atom is 0.435 e. The number of hydrogen-bond acceptors (Lipinski definition) is 1. The highest BCUT2D eigenvalue weighted by Crippen LogP contribution is 2.38. The maximum absolute atomic E-state index is 12.7. The first-order valence-corrected chi connectivity index (χ1v) is 4.72. The normalized spacial score (nSPS) is 12.6. The Morgan fingerprint density at radius 3 is 2.41 bits per heavy atom. The first-order chi connectivity index (χ1) is 7.82. The van der Waals surface area contributed by atoms with Gasteiger partial charge in [-0.2, -0.15) is 18.3 Å². The fourth-order valence-electron chi connectivity index (χ4n) is 1.48. The number of aromatic nitrogens is 2. The Labute approximate surface area is 96.6 Å². The molecular formula is C9H4ClF5N2. The van der Waals surface area contributed by atoms with Gasteiger partial charge in [-0.05, 0) is 12.1 Å². The Bertz CT molecular complexity index is 560. The second-order valence-corrected chi connectivity index (χ2v) is 3.59. The molecule has 0 saturated heterocycles. The van der Waals surface area contributed by atoms with Crippen molar-refractivity contribution in [2.24, 2.45) is 0 Å². The summed E-state index contributed by atoms with van der Waals surface area (Å²) in [6.45, 7) is 0. The van der Waals surface area contributed by atoms with E-state index >= 15 is 0 Å². The third-order valence-electron chi connectivity index (χ3n) is 2.14. The molecule has 0 bridgehead atoms. The van der Waals surface area contributed by atoms with Gasteiger partial charge in [0.25, 0.3) is 6.43 Å². The van der Waals surface area contributed by atoms with Gasteiger partial charge in [0.05, 0.1) is 11.1 Å². The number of alkyl halides is 5. The van der Waals surface area contributed by atoms with Gasteiger partial charge in [0.2, 0.25) is 0 Å². The molecular weight excluding hydrogens is 267 g/mol. The molecule has 0 radical (unpaired) electrons. The summed E-state index contributed by atoms with van der Waals surface area (Å²) in [5.74, 6) is 0. The van der Waals surface area contributed by atoms with Crippen LogP contribution in [0.3, 0.4) is 0 Å². The zero-order chi connectivity index (χ0) is 12.8. The molecule has 2 rings (SSSR count). The lowest BCUT2D eigenvalue weighted by atomic mass is 10.2. The van der Waals surface area contributed by atoms with Gasteiger partial charge >= 0.3 is 6.18 Å². The van der Waals surface area contributed by atoms with Crippen LogP contribution in [0.25, 0.3) is 5.52 Å². The number of rotatable bonds is 1. The van der Waals surface area contributed by atoms with Crippen molar-refractivity contribution in [3.8, 4) is 0 Å². The minimum absolute atomic E-state index is 0.167. The van der Waals surface area contributed by atoms with Crippen LogP contribution in [0.15, 0.2) is 18.2 Å². The van der Waals surface area contributed by atoms with Crippen LogP contribution in [-0.2, 0) is 6.18 Å². The van der Waals surface area contributed by atoms with Crippen LogP contribution < -0.4 is 0 Å². The van der Waals surface area contributed by atoms with E-state index in [9.17, 15) is 22.0 Å². The van der Waals surface area contributed by atoms with Crippen LogP contribution in [0.4, 0.5) is 22.0 Å². The average Bonchev–Trinajstić information content (AvgIpc) is 2.57. The molecule has 0 fully saturated rings. The minimum atomic E-state index is -4.94. The summed E-state index contributed by atoms with van der Waals surface area (Å²) in [6, 6.07) is 3.65. The average molecular weight is 271 g/mol. The Kier molecular flexibility index (Phi) is 2.73. The monoisotopic (exact) mass is 270 g/mol. The molecule has 0 spiro atoms.